The molecule has 0 spiro atoms. The molecule has 2 aromatic rings. The van der Waals surface area contributed by atoms with Crippen LogP contribution >= 0.6 is 0 Å². The van der Waals surface area contributed by atoms with Gasteiger partial charge >= 0.3 is 0 Å². The van der Waals surface area contributed by atoms with Crippen LogP contribution in [0.3, 0.4) is 0 Å². The molecule has 3 rings (SSSR count). The van der Waals surface area contributed by atoms with Crippen molar-refractivity contribution < 1.29 is 0 Å². The highest BCUT2D eigenvalue weighted by Gasteiger charge is 2.14. The molecular weight excluding hydrogens is 268 g/mol. The summed E-state index contributed by atoms with van der Waals surface area (Å²) in [7, 11) is 0. The Bertz CT molecular complexity index is 762. The Morgan fingerprint density at radius 3 is 2.32 bits per heavy atom. The van der Waals surface area contributed by atoms with Crippen LogP contribution in [-0.2, 0) is 6.42 Å². The van der Waals surface area contributed by atoms with E-state index in [-0.39, 0.29) is 0 Å². The lowest BCUT2D eigenvalue weighted by Gasteiger charge is -2.12. The summed E-state index contributed by atoms with van der Waals surface area (Å²) in [6, 6.07) is 12.8. The molecular formula is C20H22N2. The smallest absolute Gasteiger partial charge is 0.0698 e. The van der Waals surface area contributed by atoms with Crippen molar-refractivity contribution in [3.63, 3.8) is 0 Å². The van der Waals surface area contributed by atoms with Crippen LogP contribution in [0.5, 0.6) is 0 Å². The van der Waals surface area contributed by atoms with Crippen LogP contribution in [0.1, 0.15) is 29.2 Å². The number of anilines is 1. The third kappa shape index (κ3) is 2.82. The average molecular weight is 290 g/mol. The molecule has 2 aromatic carbocycles. The topological polar surface area (TPSA) is 24.4 Å². The maximum Gasteiger partial charge on any atom is 0.0698 e. The van der Waals surface area contributed by atoms with Gasteiger partial charge in [0.25, 0.3) is 0 Å². The molecule has 1 aliphatic heterocycles. The Labute approximate surface area is 132 Å². The molecule has 0 aliphatic carbocycles. The number of aryl methyl sites for hydroxylation is 3. The lowest BCUT2D eigenvalue weighted by atomic mass is 10.1. The number of fused-ring (bicyclic) bond motifs is 1. The van der Waals surface area contributed by atoms with Crippen molar-refractivity contribution >= 4 is 17.1 Å². The normalized spacial score (nSPS) is 13.8. The number of benzene rings is 2. The maximum atomic E-state index is 4.78. The fourth-order valence-corrected chi connectivity index (χ4v) is 2.98. The summed E-state index contributed by atoms with van der Waals surface area (Å²) in [6.07, 6.45) is 3.08. The lowest BCUT2D eigenvalue weighted by molar-refractivity contribution is 1.29. The molecule has 1 aliphatic rings. The van der Waals surface area contributed by atoms with Crippen LogP contribution < -0.4 is 5.32 Å². The largest absolute Gasteiger partial charge is 0.359 e. The van der Waals surface area contributed by atoms with Gasteiger partial charge in [-0.15, -0.1) is 0 Å². The number of nitrogens with zero attached hydrogens (tertiary/aromatic N) is 1. The minimum absolute atomic E-state index is 0.919. The molecule has 22 heavy (non-hydrogen) atoms. The summed E-state index contributed by atoms with van der Waals surface area (Å²) in [5.41, 5.74) is 9.70. The van der Waals surface area contributed by atoms with E-state index in [0.717, 1.165) is 23.5 Å². The van der Waals surface area contributed by atoms with Crippen LogP contribution in [0, 0.1) is 20.8 Å². The number of allylic oxidation sites excluding steroid dienone is 2. The molecule has 0 bridgehead atoms. The zero-order valence-electron chi connectivity index (χ0n) is 13.7. The third-order valence-corrected chi connectivity index (χ3v) is 4.13. The summed E-state index contributed by atoms with van der Waals surface area (Å²) >= 11 is 0. The van der Waals surface area contributed by atoms with E-state index < -0.39 is 0 Å². The number of hydrogen-bond acceptors (Lipinski definition) is 2. The van der Waals surface area contributed by atoms with E-state index in [1.165, 1.54) is 27.9 Å². The van der Waals surface area contributed by atoms with E-state index in [9.17, 15) is 0 Å². The van der Waals surface area contributed by atoms with E-state index in [1.807, 2.05) is 0 Å². The van der Waals surface area contributed by atoms with E-state index in [4.69, 9.17) is 4.99 Å². The Kier molecular flexibility index (Phi) is 3.84. The first-order valence-electron chi connectivity index (χ1n) is 7.72. The molecule has 0 saturated heterocycles. The second kappa shape index (κ2) is 5.80. The van der Waals surface area contributed by atoms with Crippen molar-refractivity contribution in [2.45, 2.75) is 34.1 Å². The van der Waals surface area contributed by atoms with Gasteiger partial charge in [0.05, 0.1) is 5.69 Å². The molecule has 1 heterocycles. The summed E-state index contributed by atoms with van der Waals surface area (Å²) < 4.78 is 0. The van der Waals surface area contributed by atoms with Gasteiger partial charge in [-0.1, -0.05) is 36.4 Å². The molecule has 0 radical (unpaired) electrons. The van der Waals surface area contributed by atoms with Gasteiger partial charge in [0, 0.05) is 23.5 Å². The van der Waals surface area contributed by atoms with Gasteiger partial charge in [0.15, 0.2) is 0 Å². The van der Waals surface area contributed by atoms with Crippen molar-refractivity contribution in [3.05, 3.63) is 70.4 Å². The van der Waals surface area contributed by atoms with Crippen molar-refractivity contribution in [1.29, 1.82) is 0 Å². The summed E-state index contributed by atoms with van der Waals surface area (Å²) in [4.78, 5) is 4.78. The lowest BCUT2D eigenvalue weighted by Crippen LogP contribution is -2.03. The second-order valence-electron chi connectivity index (χ2n) is 6.08. The van der Waals surface area contributed by atoms with Crippen LogP contribution in [0.15, 0.2) is 53.2 Å². The van der Waals surface area contributed by atoms with Gasteiger partial charge in [-0.2, -0.15) is 0 Å². The highest BCUT2D eigenvalue weighted by molar-refractivity contribution is 6.03. The molecule has 1 N–H and O–H groups in total. The SMILES string of the molecule is CC(=CC1=Nc2c(C)cccc2C1)Nc1c(C)cccc1C. The predicted octanol–water partition coefficient (Wildman–Crippen LogP) is 5.26. The van der Waals surface area contributed by atoms with Crippen LogP contribution in [0.4, 0.5) is 11.4 Å². The van der Waals surface area contributed by atoms with Crippen molar-refractivity contribution in [2.75, 3.05) is 5.32 Å². The predicted molar refractivity (Wildman–Crippen MR) is 95.3 cm³/mol. The summed E-state index contributed by atoms with van der Waals surface area (Å²) in [6.45, 7) is 8.49. The first kappa shape index (κ1) is 14.6. The molecule has 112 valence electrons. The number of rotatable bonds is 3. The van der Waals surface area contributed by atoms with Gasteiger partial charge < -0.3 is 5.32 Å². The zero-order valence-corrected chi connectivity index (χ0v) is 13.7. The number of aliphatic imine (C=N–C) groups is 1. The average Bonchev–Trinajstić information content (AvgIpc) is 2.87. The van der Waals surface area contributed by atoms with E-state index in [2.05, 4.69) is 75.5 Å². The standard InChI is InChI=1S/C20H22N2/c1-13-7-5-8-14(2)19(13)21-16(4)11-18-12-17-10-6-9-15(3)20(17)22-18/h5-11,21H,12H2,1-4H3. The first-order valence-corrected chi connectivity index (χ1v) is 7.72. The minimum Gasteiger partial charge on any atom is -0.359 e. The molecule has 0 fully saturated rings. The molecule has 0 aromatic heterocycles. The quantitative estimate of drug-likeness (QED) is 0.819. The Balaban J connectivity index is 1.82. The second-order valence-corrected chi connectivity index (χ2v) is 6.08. The summed E-state index contributed by atoms with van der Waals surface area (Å²) in [5.74, 6) is 0. The van der Waals surface area contributed by atoms with Gasteiger partial charge in [0.2, 0.25) is 0 Å². The Hall–Kier alpha value is -2.35. The fraction of sp³-hybridized carbons (Fsp3) is 0.250. The number of nitrogens with one attached hydrogen (secondary N) is 1. The van der Waals surface area contributed by atoms with Gasteiger partial charge in [0.1, 0.15) is 0 Å². The number of para-hydroxylation sites is 2. The number of hydrogen-bond donors (Lipinski definition) is 1. The monoisotopic (exact) mass is 290 g/mol. The molecule has 0 amide bonds. The minimum atomic E-state index is 0.919. The molecule has 0 atom stereocenters. The van der Waals surface area contributed by atoms with Crippen molar-refractivity contribution in [2.24, 2.45) is 4.99 Å². The van der Waals surface area contributed by atoms with E-state index >= 15 is 0 Å². The zero-order chi connectivity index (χ0) is 15.7. The molecule has 2 heteroatoms. The van der Waals surface area contributed by atoms with E-state index in [0.29, 0.717) is 0 Å². The van der Waals surface area contributed by atoms with Gasteiger partial charge in [-0.25, -0.2) is 0 Å². The van der Waals surface area contributed by atoms with Crippen molar-refractivity contribution in [1.82, 2.24) is 0 Å². The molecule has 2 nitrogen and oxygen atoms in total. The maximum absolute atomic E-state index is 4.78. The fourth-order valence-electron chi connectivity index (χ4n) is 2.98. The van der Waals surface area contributed by atoms with Crippen molar-refractivity contribution in [3.8, 4) is 0 Å². The Morgan fingerprint density at radius 1 is 1.00 bits per heavy atom. The van der Waals surface area contributed by atoms with Crippen LogP contribution in [0.25, 0.3) is 0 Å². The highest BCUT2D eigenvalue weighted by Crippen LogP contribution is 2.30. The van der Waals surface area contributed by atoms with Gasteiger partial charge in [-0.3, -0.25) is 4.99 Å². The third-order valence-electron chi connectivity index (χ3n) is 4.13. The molecule has 0 saturated carbocycles. The van der Waals surface area contributed by atoms with Crippen LogP contribution in [-0.4, -0.2) is 5.71 Å². The highest BCUT2D eigenvalue weighted by atomic mass is 14.9. The molecule has 0 unspecified atom stereocenters. The van der Waals surface area contributed by atoms with E-state index in [1.54, 1.807) is 0 Å². The van der Waals surface area contributed by atoms with Gasteiger partial charge in [-0.05, 0) is 56.0 Å². The first-order chi connectivity index (χ1) is 10.5. The summed E-state index contributed by atoms with van der Waals surface area (Å²) in [5, 5.41) is 3.53. The van der Waals surface area contributed by atoms with Crippen LogP contribution in [0.2, 0.25) is 0 Å². The Morgan fingerprint density at radius 2 is 1.64 bits per heavy atom.